The molecule has 263 valence electrons. The molecule has 1 atom stereocenters. The van der Waals surface area contributed by atoms with E-state index in [0.29, 0.717) is 16.8 Å². The molecular weight excluding hydrogens is 841 g/mol. The Bertz CT molecular complexity index is 3030. The van der Waals surface area contributed by atoms with Crippen LogP contribution in [0, 0.1) is 19.0 Å². The molecule has 1 unspecified atom stereocenters. The zero-order valence-electron chi connectivity index (χ0n) is 33.1. The van der Waals surface area contributed by atoms with Crippen molar-refractivity contribution < 1.29 is 34.4 Å². The van der Waals surface area contributed by atoms with Crippen molar-refractivity contribution in [3.05, 3.63) is 193 Å². The van der Waals surface area contributed by atoms with Crippen LogP contribution >= 0.6 is 0 Å². The first-order valence-corrected chi connectivity index (χ1v) is 17.4. The Morgan fingerprint density at radius 3 is 1.94 bits per heavy atom. The molecule has 0 aliphatic heterocycles. The van der Waals surface area contributed by atoms with Crippen LogP contribution in [0.1, 0.15) is 35.0 Å². The number of pyridine rings is 2. The number of rotatable bonds is 5. The van der Waals surface area contributed by atoms with Gasteiger partial charge in [-0.05, 0) is 70.8 Å². The molecule has 0 bridgehead atoms. The van der Waals surface area contributed by atoms with Gasteiger partial charge in [0.2, 0.25) is 0 Å². The van der Waals surface area contributed by atoms with Crippen LogP contribution in [0.2, 0.25) is 0 Å². The third kappa shape index (κ3) is 6.65. The van der Waals surface area contributed by atoms with Gasteiger partial charge >= 0.3 is 0 Å². The smallest absolute Gasteiger partial charge is 0.120 e. The van der Waals surface area contributed by atoms with E-state index in [9.17, 15) is 0 Å². The van der Waals surface area contributed by atoms with Gasteiger partial charge in [0.25, 0.3) is 0 Å². The van der Waals surface area contributed by atoms with Crippen molar-refractivity contribution in [3.8, 4) is 33.6 Å². The molecule has 0 N–H and O–H groups in total. The summed E-state index contributed by atoms with van der Waals surface area (Å²) < 4.78 is 44.2. The first-order valence-electron chi connectivity index (χ1n) is 19.4. The average Bonchev–Trinajstić information content (AvgIpc) is 3.83. The summed E-state index contributed by atoms with van der Waals surface area (Å²) in [4.78, 5) is 8.99. The molecule has 5 heteroatoms. The minimum atomic E-state index is -2.13. The van der Waals surface area contributed by atoms with E-state index in [-0.39, 0.29) is 20.1 Å². The third-order valence-corrected chi connectivity index (χ3v) is 9.56. The molecule has 0 spiro atoms. The van der Waals surface area contributed by atoms with Crippen molar-refractivity contribution in [1.29, 1.82) is 0 Å². The van der Waals surface area contributed by atoms with Crippen molar-refractivity contribution in [2.45, 2.75) is 19.7 Å². The standard InChI is InChI=1S/C32H24NO.C17H10NO.Ir/c1-21-11-13-24(14-12-21)26-15-16-31-29(19-26)27-9-6-10-28(32(27)34-31)30-20-25(17-18-33-30)22(2)23-7-4-3-5-8-23;1-2-10-16-12(6-1)13-7-5-8-14(17(13)19-16)15-9-3-4-11-18-15;/h3-9,11-20,22H,1-2H3;1-7,9-11H;/q2*-1;/i1D3,22D;;. The monoisotopic (exact) mass is 879 g/mol. The molecule has 1 radical (unpaired) electrons. The van der Waals surface area contributed by atoms with Crippen LogP contribution in [0.4, 0.5) is 0 Å². The number of hydrogen-bond acceptors (Lipinski definition) is 4. The maximum absolute atomic E-state index is 9.08. The van der Waals surface area contributed by atoms with Crippen molar-refractivity contribution in [1.82, 2.24) is 9.97 Å². The van der Waals surface area contributed by atoms with Crippen molar-refractivity contribution in [3.63, 3.8) is 0 Å². The number of furan rings is 2. The number of para-hydroxylation sites is 1. The van der Waals surface area contributed by atoms with E-state index in [1.807, 2.05) is 134 Å². The summed E-state index contributed by atoms with van der Waals surface area (Å²) in [5.74, 6) is -0.940. The summed E-state index contributed by atoms with van der Waals surface area (Å²) >= 11 is 0. The Hall–Kier alpha value is -6.13. The van der Waals surface area contributed by atoms with Gasteiger partial charge in [0.05, 0.1) is 11.2 Å². The Morgan fingerprint density at radius 2 is 1.20 bits per heavy atom. The number of hydrogen-bond donors (Lipinski definition) is 0. The van der Waals surface area contributed by atoms with Gasteiger partial charge in [0, 0.05) is 54.6 Å². The molecular formula is C49H34IrN2O2-2. The molecule has 0 saturated heterocycles. The first-order chi connectivity index (χ1) is 27.6. The van der Waals surface area contributed by atoms with E-state index >= 15 is 0 Å². The molecule has 6 aromatic carbocycles. The number of aromatic nitrogens is 2. The van der Waals surface area contributed by atoms with Gasteiger partial charge in [-0.2, -0.15) is 0 Å². The maximum atomic E-state index is 9.08. The second-order valence-corrected chi connectivity index (χ2v) is 12.8. The van der Waals surface area contributed by atoms with E-state index < -0.39 is 12.7 Å². The van der Waals surface area contributed by atoms with Crippen LogP contribution in [0.15, 0.2) is 173 Å². The summed E-state index contributed by atoms with van der Waals surface area (Å²) in [6, 6.07) is 54.8. The van der Waals surface area contributed by atoms with Gasteiger partial charge in [-0.15, -0.1) is 36.4 Å². The molecule has 10 rings (SSSR count). The maximum Gasteiger partial charge on any atom is 0.120 e. The van der Waals surface area contributed by atoms with Gasteiger partial charge in [-0.25, -0.2) is 0 Å². The molecule has 54 heavy (non-hydrogen) atoms. The zero-order chi connectivity index (χ0) is 39.1. The van der Waals surface area contributed by atoms with Gasteiger partial charge in [0.1, 0.15) is 11.2 Å². The minimum Gasteiger partial charge on any atom is -0.501 e. The van der Waals surface area contributed by atoms with Crippen LogP contribution in [0.25, 0.3) is 77.5 Å². The van der Waals surface area contributed by atoms with Crippen LogP contribution in [-0.4, -0.2) is 9.97 Å². The third-order valence-electron chi connectivity index (χ3n) is 9.56. The SMILES string of the molecule is [2H]C([2H])([2H])c1ccc(-c2ccc3oc4c(-c5cc(C([2H])(C)c6ccccc6)ccn5)[c-]ccc4c3c2)cc1.[Ir].[c-]1ccc2c(oc3ccccc32)c1-c1ccccn1. The molecule has 0 amide bonds. The van der Waals surface area contributed by atoms with Crippen LogP contribution in [0.3, 0.4) is 0 Å². The Labute approximate surface area is 333 Å². The summed E-state index contributed by atoms with van der Waals surface area (Å²) in [6.07, 6.45) is 3.52. The quantitative estimate of drug-likeness (QED) is 0.162. The van der Waals surface area contributed by atoms with E-state index in [2.05, 4.69) is 34.2 Å². The van der Waals surface area contributed by atoms with E-state index in [0.717, 1.165) is 77.4 Å². The first kappa shape index (κ1) is 30.3. The van der Waals surface area contributed by atoms with Crippen LogP contribution in [-0.2, 0) is 20.1 Å². The molecule has 4 nitrogen and oxygen atoms in total. The molecule has 4 aromatic heterocycles. The van der Waals surface area contributed by atoms with E-state index in [4.69, 9.17) is 14.3 Å². The Balaban J connectivity index is 0.000000196. The molecule has 10 aromatic rings. The van der Waals surface area contributed by atoms with E-state index in [1.54, 1.807) is 24.5 Å². The summed E-state index contributed by atoms with van der Waals surface area (Å²) in [6.45, 7) is -0.237. The zero-order valence-corrected chi connectivity index (χ0v) is 31.5. The van der Waals surface area contributed by atoms with Crippen molar-refractivity contribution in [2.75, 3.05) is 0 Å². The fourth-order valence-electron chi connectivity index (χ4n) is 6.82. The second-order valence-electron chi connectivity index (χ2n) is 12.8. The van der Waals surface area contributed by atoms with Gasteiger partial charge in [-0.3, -0.25) is 0 Å². The van der Waals surface area contributed by atoms with Crippen molar-refractivity contribution >= 4 is 43.9 Å². The number of nitrogens with zero attached hydrogens (tertiary/aromatic N) is 2. The average molecular weight is 879 g/mol. The van der Waals surface area contributed by atoms with Crippen LogP contribution in [0.5, 0.6) is 0 Å². The Kier molecular flexibility index (Phi) is 8.47. The summed E-state index contributed by atoms with van der Waals surface area (Å²) in [5, 5.41) is 4.13. The topological polar surface area (TPSA) is 52.1 Å². The summed E-state index contributed by atoms with van der Waals surface area (Å²) in [7, 11) is 0. The number of benzene rings is 6. The van der Waals surface area contributed by atoms with Gasteiger partial charge in [0.15, 0.2) is 0 Å². The predicted octanol–water partition coefficient (Wildman–Crippen LogP) is 13.0. The molecule has 0 aliphatic carbocycles. The predicted molar refractivity (Wildman–Crippen MR) is 216 cm³/mol. The van der Waals surface area contributed by atoms with Gasteiger partial charge in [-0.1, -0.05) is 131 Å². The van der Waals surface area contributed by atoms with Crippen molar-refractivity contribution in [2.24, 2.45) is 0 Å². The van der Waals surface area contributed by atoms with Crippen LogP contribution < -0.4 is 0 Å². The molecule has 0 fully saturated rings. The second kappa shape index (κ2) is 15.1. The van der Waals surface area contributed by atoms with E-state index in [1.165, 1.54) is 0 Å². The molecule has 4 heterocycles. The Morgan fingerprint density at radius 1 is 0.556 bits per heavy atom. The number of fused-ring (bicyclic) bond motifs is 6. The fourth-order valence-corrected chi connectivity index (χ4v) is 6.82. The largest absolute Gasteiger partial charge is 0.501 e. The van der Waals surface area contributed by atoms with Gasteiger partial charge < -0.3 is 18.8 Å². The molecule has 0 saturated carbocycles. The minimum absolute atomic E-state index is 0. The summed E-state index contributed by atoms with van der Waals surface area (Å²) in [5.41, 5.74) is 10.4. The normalized spacial score (nSPS) is 13.6. The number of aryl methyl sites for hydroxylation is 1. The fraction of sp³-hybridized carbons (Fsp3) is 0.0612. The molecule has 0 aliphatic rings.